The number of hydrazone groups is 1. The standard InChI is InChI=1S/C16H15FN2O2/c1-12-5-4-7-14(9-12)21-11-16(20)19-18-10-13-6-2-3-8-15(13)17/h2-10H,11H2,1H3,(H,19,20). The highest BCUT2D eigenvalue weighted by molar-refractivity contribution is 5.83. The second-order valence-corrected chi connectivity index (χ2v) is 4.42. The normalized spacial score (nSPS) is 10.6. The van der Waals surface area contributed by atoms with Crippen LogP contribution in [0.25, 0.3) is 0 Å². The number of ether oxygens (including phenoxy) is 1. The molecule has 0 aliphatic carbocycles. The Morgan fingerprint density at radius 2 is 2.10 bits per heavy atom. The Morgan fingerprint density at radius 3 is 2.86 bits per heavy atom. The molecule has 21 heavy (non-hydrogen) atoms. The van der Waals surface area contributed by atoms with E-state index in [0.29, 0.717) is 11.3 Å². The first-order valence-corrected chi connectivity index (χ1v) is 6.41. The number of hydrogen-bond acceptors (Lipinski definition) is 3. The molecule has 1 N–H and O–H groups in total. The number of rotatable bonds is 5. The number of carbonyl (C=O) groups excluding carboxylic acids is 1. The van der Waals surface area contributed by atoms with E-state index in [9.17, 15) is 9.18 Å². The van der Waals surface area contributed by atoms with E-state index in [0.717, 1.165) is 5.56 Å². The van der Waals surface area contributed by atoms with Crippen molar-refractivity contribution in [2.45, 2.75) is 6.92 Å². The summed E-state index contributed by atoms with van der Waals surface area (Å²) in [5.74, 6) is -0.196. The summed E-state index contributed by atoms with van der Waals surface area (Å²) < 4.78 is 18.6. The van der Waals surface area contributed by atoms with Crippen molar-refractivity contribution >= 4 is 12.1 Å². The van der Waals surface area contributed by atoms with Gasteiger partial charge in [0.05, 0.1) is 6.21 Å². The summed E-state index contributed by atoms with van der Waals surface area (Å²) >= 11 is 0. The van der Waals surface area contributed by atoms with Gasteiger partial charge in [-0.2, -0.15) is 5.10 Å². The van der Waals surface area contributed by atoms with Gasteiger partial charge in [0.1, 0.15) is 11.6 Å². The lowest BCUT2D eigenvalue weighted by molar-refractivity contribution is -0.123. The highest BCUT2D eigenvalue weighted by Crippen LogP contribution is 2.11. The Labute approximate surface area is 122 Å². The Hall–Kier alpha value is -2.69. The van der Waals surface area contributed by atoms with Gasteiger partial charge >= 0.3 is 0 Å². The number of benzene rings is 2. The van der Waals surface area contributed by atoms with Crippen molar-refractivity contribution in [3.8, 4) is 5.75 Å². The molecule has 2 aromatic carbocycles. The molecule has 0 fully saturated rings. The highest BCUT2D eigenvalue weighted by Gasteiger charge is 2.02. The number of carbonyl (C=O) groups is 1. The molecule has 5 heteroatoms. The minimum Gasteiger partial charge on any atom is -0.484 e. The van der Waals surface area contributed by atoms with Gasteiger partial charge in [-0.05, 0) is 30.7 Å². The first kappa shape index (κ1) is 14.7. The topological polar surface area (TPSA) is 50.7 Å². The predicted molar refractivity (Wildman–Crippen MR) is 78.8 cm³/mol. The zero-order chi connectivity index (χ0) is 15.1. The quantitative estimate of drug-likeness (QED) is 0.678. The summed E-state index contributed by atoms with van der Waals surface area (Å²) in [6.07, 6.45) is 1.25. The molecule has 0 atom stereocenters. The van der Waals surface area contributed by atoms with Crippen LogP contribution >= 0.6 is 0 Å². The van der Waals surface area contributed by atoms with Gasteiger partial charge in [-0.25, -0.2) is 9.82 Å². The van der Waals surface area contributed by atoms with E-state index in [1.165, 1.54) is 12.3 Å². The number of amides is 1. The number of halogens is 1. The average molecular weight is 286 g/mol. The van der Waals surface area contributed by atoms with Crippen molar-refractivity contribution in [1.29, 1.82) is 0 Å². The molecule has 0 spiro atoms. The molecule has 0 saturated carbocycles. The lowest BCUT2D eigenvalue weighted by Crippen LogP contribution is -2.24. The molecule has 0 aliphatic heterocycles. The van der Waals surface area contributed by atoms with E-state index in [1.807, 2.05) is 25.1 Å². The third kappa shape index (κ3) is 4.72. The van der Waals surface area contributed by atoms with Gasteiger partial charge in [0.15, 0.2) is 6.61 Å². The molecule has 1 amide bonds. The van der Waals surface area contributed by atoms with Crippen molar-refractivity contribution in [2.75, 3.05) is 6.61 Å². The van der Waals surface area contributed by atoms with Crippen molar-refractivity contribution < 1.29 is 13.9 Å². The van der Waals surface area contributed by atoms with Crippen molar-refractivity contribution in [3.63, 3.8) is 0 Å². The van der Waals surface area contributed by atoms with Gasteiger partial charge in [0, 0.05) is 5.56 Å². The summed E-state index contributed by atoms with van der Waals surface area (Å²) in [5.41, 5.74) is 3.63. The highest BCUT2D eigenvalue weighted by atomic mass is 19.1. The zero-order valence-corrected chi connectivity index (χ0v) is 11.5. The molecule has 108 valence electrons. The maximum Gasteiger partial charge on any atom is 0.277 e. The number of aryl methyl sites for hydroxylation is 1. The van der Waals surface area contributed by atoms with Crippen LogP contribution in [0.3, 0.4) is 0 Å². The Morgan fingerprint density at radius 1 is 1.29 bits per heavy atom. The average Bonchev–Trinajstić information content (AvgIpc) is 2.47. The van der Waals surface area contributed by atoms with Crippen LogP contribution in [-0.2, 0) is 4.79 Å². The van der Waals surface area contributed by atoms with Crippen molar-refractivity contribution in [3.05, 3.63) is 65.5 Å². The lowest BCUT2D eigenvalue weighted by atomic mass is 10.2. The molecule has 0 aliphatic rings. The largest absolute Gasteiger partial charge is 0.484 e. The molecule has 0 aromatic heterocycles. The molecule has 0 unspecified atom stereocenters. The van der Waals surface area contributed by atoms with Gasteiger partial charge in [-0.15, -0.1) is 0 Å². The van der Waals surface area contributed by atoms with Crippen molar-refractivity contribution in [1.82, 2.24) is 5.43 Å². The van der Waals surface area contributed by atoms with Crippen LogP contribution in [0.2, 0.25) is 0 Å². The fourth-order valence-corrected chi connectivity index (χ4v) is 1.64. The molecule has 0 saturated heterocycles. The van der Waals surface area contributed by atoms with E-state index in [4.69, 9.17) is 4.74 Å². The third-order valence-corrected chi connectivity index (χ3v) is 2.66. The smallest absolute Gasteiger partial charge is 0.277 e. The molecule has 0 radical (unpaired) electrons. The Bertz CT molecular complexity index is 656. The van der Waals surface area contributed by atoms with E-state index < -0.39 is 11.7 Å². The molecule has 4 nitrogen and oxygen atoms in total. The maximum absolute atomic E-state index is 13.3. The van der Waals surface area contributed by atoms with Crippen molar-refractivity contribution in [2.24, 2.45) is 5.10 Å². The van der Waals surface area contributed by atoms with Crippen LogP contribution in [-0.4, -0.2) is 18.7 Å². The Kier molecular flexibility index (Phi) is 5.04. The number of hydrogen-bond donors (Lipinski definition) is 1. The first-order valence-electron chi connectivity index (χ1n) is 6.41. The minimum atomic E-state index is -0.413. The second-order valence-electron chi connectivity index (χ2n) is 4.42. The fourth-order valence-electron chi connectivity index (χ4n) is 1.64. The van der Waals surface area contributed by atoms with E-state index in [1.54, 1.807) is 24.3 Å². The number of nitrogens with zero attached hydrogens (tertiary/aromatic N) is 1. The predicted octanol–water partition coefficient (Wildman–Crippen LogP) is 2.66. The van der Waals surface area contributed by atoms with Gasteiger partial charge in [-0.3, -0.25) is 4.79 Å². The number of nitrogens with one attached hydrogen (secondary N) is 1. The molecule has 0 heterocycles. The third-order valence-electron chi connectivity index (χ3n) is 2.66. The van der Waals surface area contributed by atoms with Crippen LogP contribution in [0.15, 0.2) is 53.6 Å². The van der Waals surface area contributed by atoms with E-state index >= 15 is 0 Å². The van der Waals surface area contributed by atoms with Crippen LogP contribution < -0.4 is 10.2 Å². The molecular formula is C16H15FN2O2. The molecule has 0 bridgehead atoms. The van der Waals surface area contributed by atoms with Crippen LogP contribution in [0.5, 0.6) is 5.75 Å². The Balaban J connectivity index is 1.81. The molecular weight excluding hydrogens is 271 g/mol. The first-order chi connectivity index (χ1) is 10.1. The summed E-state index contributed by atoms with van der Waals surface area (Å²) in [6.45, 7) is 1.78. The van der Waals surface area contributed by atoms with Gasteiger partial charge < -0.3 is 4.74 Å². The molecule has 2 aromatic rings. The van der Waals surface area contributed by atoms with Gasteiger partial charge in [0.2, 0.25) is 0 Å². The zero-order valence-electron chi connectivity index (χ0n) is 11.5. The monoisotopic (exact) mass is 286 g/mol. The minimum absolute atomic E-state index is 0.155. The summed E-state index contributed by atoms with van der Waals surface area (Å²) in [7, 11) is 0. The van der Waals surface area contributed by atoms with Crippen LogP contribution in [0.4, 0.5) is 4.39 Å². The lowest BCUT2D eigenvalue weighted by Gasteiger charge is -2.05. The summed E-state index contributed by atoms with van der Waals surface area (Å²) in [4.78, 5) is 11.5. The van der Waals surface area contributed by atoms with Gasteiger partial charge in [-0.1, -0.05) is 30.3 Å². The fraction of sp³-hybridized carbons (Fsp3) is 0.125. The second kappa shape index (κ2) is 7.19. The summed E-state index contributed by atoms with van der Waals surface area (Å²) in [6, 6.07) is 13.5. The SMILES string of the molecule is Cc1cccc(OCC(=O)NN=Cc2ccccc2F)c1. The van der Waals surface area contributed by atoms with Crippen LogP contribution in [0, 0.1) is 12.7 Å². The van der Waals surface area contributed by atoms with Gasteiger partial charge in [0.25, 0.3) is 5.91 Å². The van der Waals surface area contributed by atoms with E-state index in [2.05, 4.69) is 10.5 Å². The summed E-state index contributed by atoms with van der Waals surface area (Å²) in [5, 5.41) is 3.69. The van der Waals surface area contributed by atoms with Crippen LogP contribution in [0.1, 0.15) is 11.1 Å². The maximum atomic E-state index is 13.3. The molecule has 2 rings (SSSR count). The van der Waals surface area contributed by atoms with E-state index in [-0.39, 0.29) is 6.61 Å².